The van der Waals surface area contributed by atoms with Gasteiger partial charge in [0.1, 0.15) is 5.76 Å². The minimum atomic E-state index is -0.351. The number of rotatable bonds is 6. The number of anilines is 1. The summed E-state index contributed by atoms with van der Waals surface area (Å²) in [5.74, 6) is 0.211. The van der Waals surface area contributed by atoms with E-state index in [-0.39, 0.29) is 11.6 Å². The Morgan fingerprint density at radius 2 is 1.58 bits per heavy atom. The molecule has 0 aliphatic carbocycles. The monoisotopic (exact) mass is 466 g/mol. The molecule has 9 heteroatoms. The second-order valence-corrected chi connectivity index (χ2v) is 8.73. The Balaban J connectivity index is 1.57. The Morgan fingerprint density at radius 1 is 0.939 bits per heavy atom. The number of aromatic nitrogens is 5. The lowest BCUT2D eigenvalue weighted by molar-refractivity contribution is 0.101. The predicted octanol–water partition coefficient (Wildman–Crippen LogP) is 4.92. The van der Waals surface area contributed by atoms with Gasteiger partial charge >= 0.3 is 0 Å². The summed E-state index contributed by atoms with van der Waals surface area (Å²) < 4.78 is 9.00. The summed E-state index contributed by atoms with van der Waals surface area (Å²) in [5.41, 5.74) is 7.08. The van der Waals surface area contributed by atoms with Crippen molar-refractivity contribution in [3.8, 4) is 0 Å². The van der Waals surface area contributed by atoms with Crippen LogP contribution in [0.3, 0.4) is 0 Å². The summed E-state index contributed by atoms with van der Waals surface area (Å²) in [5, 5.41) is 16.7. The number of carbonyl (C=O) groups excluding carboxylic acids is 1. The average Bonchev–Trinajstić information content (AvgIpc) is 3.35. The third-order valence-electron chi connectivity index (χ3n) is 5.87. The number of hydrogen-bond donors (Lipinski definition) is 1. The number of halogens is 1. The van der Waals surface area contributed by atoms with Crippen molar-refractivity contribution >= 4 is 23.2 Å². The van der Waals surface area contributed by atoms with E-state index in [0.29, 0.717) is 35.1 Å². The van der Waals surface area contributed by atoms with Crippen LogP contribution in [0.5, 0.6) is 0 Å². The highest BCUT2D eigenvalue weighted by Gasteiger charge is 2.24. The summed E-state index contributed by atoms with van der Waals surface area (Å²) in [7, 11) is 0. The van der Waals surface area contributed by atoms with Gasteiger partial charge < -0.3 is 9.84 Å². The van der Waals surface area contributed by atoms with Crippen LogP contribution in [0.15, 0.2) is 28.8 Å². The zero-order valence-corrected chi connectivity index (χ0v) is 20.4. The minimum absolute atomic E-state index is 0.223. The smallest absolute Gasteiger partial charge is 0.278 e. The first-order chi connectivity index (χ1) is 15.7. The van der Waals surface area contributed by atoms with E-state index in [0.717, 1.165) is 28.3 Å². The van der Waals surface area contributed by atoms with E-state index >= 15 is 0 Å². The lowest BCUT2D eigenvalue weighted by Gasteiger charge is -2.08. The lowest BCUT2D eigenvalue weighted by atomic mass is 10.1. The molecular formula is C24H27ClN6O2. The molecule has 4 aromatic rings. The van der Waals surface area contributed by atoms with Crippen LogP contribution >= 0.6 is 11.6 Å². The molecule has 0 saturated carbocycles. The van der Waals surface area contributed by atoms with E-state index in [9.17, 15) is 4.79 Å². The van der Waals surface area contributed by atoms with E-state index in [1.165, 1.54) is 5.56 Å². The second-order valence-electron chi connectivity index (χ2n) is 8.35. The Hall–Kier alpha value is -3.39. The molecule has 172 valence electrons. The van der Waals surface area contributed by atoms with Crippen molar-refractivity contribution in [1.82, 2.24) is 24.7 Å². The molecule has 0 aliphatic rings. The van der Waals surface area contributed by atoms with E-state index in [2.05, 4.69) is 51.9 Å². The van der Waals surface area contributed by atoms with Gasteiger partial charge in [-0.2, -0.15) is 10.2 Å². The summed E-state index contributed by atoms with van der Waals surface area (Å²) in [6, 6.07) is 8.32. The fourth-order valence-electron chi connectivity index (χ4n) is 3.81. The molecule has 3 aromatic heterocycles. The van der Waals surface area contributed by atoms with Gasteiger partial charge in [-0.15, -0.1) is 0 Å². The van der Waals surface area contributed by atoms with E-state index in [1.54, 1.807) is 11.6 Å². The topological polar surface area (TPSA) is 90.8 Å². The van der Waals surface area contributed by atoms with Gasteiger partial charge in [0.05, 0.1) is 46.6 Å². The number of nitrogens with zero attached hydrogens (tertiary/aromatic N) is 5. The number of carbonyl (C=O) groups is 1. The van der Waals surface area contributed by atoms with Crippen LogP contribution in [0.1, 0.15) is 55.7 Å². The van der Waals surface area contributed by atoms with Gasteiger partial charge in [-0.25, -0.2) is 0 Å². The molecular weight excluding hydrogens is 440 g/mol. The number of benzene rings is 1. The molecule has 4 rings (SSSR count). The van der Waals surface area contributed by atoms with E-state index < -0.39 is 0 Å². The summed E-state index contributed by atoms with van der Waals surface area (Å²) in [6.45, 7) is 12.3. The molecule has 8 nitrogen and oxygen atoms in total. The largest absolute Gasteiger partial charge is 0.361 e. The number of amides is 1. The zero-order valence-electron chi connectivity index (χ0n) is 19.7. The van der Waals surface area contributed by atoms with Crippen LogP contribution in [0.2, 0.25) is 5.02 Å². The van der Waals surface area contributed by atoms with Gasteiger partial charge in [-0.3, -0.25) is 14.2 Å². The van der Waals surface area contributed by atoms with Crippen LogP contribution in [0.25, 0.3) is 0 Å². The van der Waals surface area contributed by atoms with Crippen LogP contribution in [0, 0.1) is 41.5 Å². The van der Waals surface area contributed by atoms with E-state index in [4.69, 9.17) is 16.1 Å². The molecule has 0 aliphatic heterocycles. The number of hydrogen-bond acceptors (Lipinski definition) is 5. The molecule has 0 unspecified atom stereocenters. The van der Waals surface area contributed by atoms with Crippen LogP contribution < -0.4 is 5.32 Å². The molecule has 0 spiro atoms. The molecule has 0 fully saturated rings. The highest BCUT2D eigenvalue weighted by Crippen LogP contribution is 2.25. The Morgan fingerprint density at radius 3 is 2.21 bits per heavy atom. The molecule has 33 heavy (non-hydrogen) atoms. The normalized spacial score (nSPS) is 11.2. The maximum absolute atomic E-state index is 13.2. The molecule has 3 heterocycles. The van der Waals surface area contributed by atoms with E-state index in [1.807, 2.05) is 32.4 Å². The van der Waals surface area contributed by atoms with Gasteiger partial charge in [0.15, 0.2) is 5.69 Å². The van der Waals surface area contributed by atoms with Crippen LogP contribution in [-0.4, -0.2) is 30.6 Å². The predicted molar refractivity (Wildman–Crippen MR) is 127 cm³/mol. The first-order valence-electron chi connectivity index (χ1n) is 10.7. The van der Waals surface area contributed by atoms with Crippen molar-refractivity contribution in [3.05, 3.63) is 80.2 Å². The first kappa shape index (κ1) is 22.8. The number of aryl methyl sites for hydroxylation is 4. The highest BCUT2D eigenvalue weighted by atomic mass is 35.5. The van der Waals surface area contributed by atoms with Gasteiger partial charge in [0.25, 0.3) is 5.91 Å². The average molecular weight is 467 g/mol. The molecule has 0 saturated heterocycles. The van der Waals surface area contributed by atoms with Gasteiger partial charge in [-0.05, 0) is 47.1 Å². The molecule has 0 bridgehead atoms. The fourth-order valence-corrected chi connectivity index (χ4v) is 3.94. The van der Waals surface area contributed by atoms with Crippen LogP contribution in [-0.2, 0) is 13.1 Å². The summed E-state index contributed by atoms with van der Waals surface area (Å²) in [4.78, 5) is 13.2. The molecule has 0 atom stereocenters. The molecule has 0 radical (unpaired) electrons. The maximum Gasteiger partial charge on any atom is 0.278 e. The Labute approximate surface area is 197 Å². The third-order valence-corrected chi connectivity index (χ3v) is 6.42. The second kappa shape index (κ2) is 8.86. The van der Waals surface area contributed by atoms with Crippen molar-refractivity contribution in [2.75, 3.05) is 5.32 Å². The Kier molecular flexibility index (Phi) is 6.12. The van der Waals surface area contributed by atoms with Gasteiger partial charge in [0, 0.05) is 5.56 Å². The fraction of sp³-hybridized carbons (Fsp3) is 0.333. The zero-order chi connectivity index (χ0) is 23.9. The van der Waals surface area contributed by atoms with Crippen molar-refractivity contribution in [2.24, 2.45) is 0 Å². The maximum atomic E-state index is 13.2. The van der Waals surface area contributed by atoms with Crippen molar-refractivity contribution in [3.63, 3.8) is 0 Å². The summed E-state index contributed by atoms with van der Waals surface area (Å²) in [6.07, 6.45) is 0. The SMILES string of the molecule is Cc1ccc(Cn2nc(C)c(NC(=O)c3noc(C)c3Cn3nc(C)c(Cl)c3C)c2C)cc1. The highest BCUT2D eigenvalue weighted by molar-refractivity contribution is 6.31. The minimum Gasteiger partial charge on any atom is -0.361 e. The third kappa shape index (κ3) is 4.43. The van der Waals surface area contributed by atoms with Gasteiger partial charge in [0.2, 0.25) is 0 Å². The first-order valence-corrected chi connectivity index (χ1v) is 11.1. The lowest BCUT2D eigenvalue weighted by Crippen LogP contribution is -2.17. The standard InChI is InChI=1S/C24H27ClN6O2/c1-13-7-9-19(10-8-13)11-30-17(5)22(15(3)28-30)26-24(32)23-20(18(6)33-29-23)12-31-16(4)21(25)14(2)27-31/h7-10H,11-12H2,1-6H3,(H,26,32). The quantitative estimate of drug-likeness (QED) is 0.435. The molecule has 1 N–H and O–H groups in total. The van der Waals surface area contributed by atoms with Crippen molar-refractivity contribution in [1.29, 1.82) is 0 Å². The van der Waals surface area contributed by atoms with Crippen molar-refractivity contribution < 1.29 is 9.32 Å². The van der Waals surface area contributed by atoms with Crippen LogP contribution in [0.4, 0.5) is 5.69 Å². The number of nitrogens with one attached hydrogen (secondary N) is 1. The van der Waals surface area contributed by atoms with Crippen molar-refractivity contribution in [2.45, 2.75) is 54.6 Å². The molecule has 1 aromatic carbocycles. The Bertz CT molecular complexity index is 1330. The molecule has 1 amide bonds. The van der Waals surface area contributed by atoms with Gasteiger partial charge in [-0.1, -0.05) is 46.6 Å². The summed E-state index contributed by atoms with van der Waals surface area (Å²) >= 11 is 6.28.